The number of aliphatic carboxylic acids is 1. The van der Waals surface area contributed by atoms with Gasteiger partial charge in [0.05, 0.1) is 29.6 Å². The molecule has 0 aromatic rings. The summed E-state index contributed by atoms with van der Waals surface area (Å²) in [5, 5.41) is 8.18. The molecule has 1 N–H and O–H groups in total. The highest BCUT2D eigenvalue weighted by molar-refractivity contribution is 5.95. The van der Waals surface area contributed by atoms with Crippen molar-refractivity contribution in [3.63, 3.8) is 0 Å². The molecule has 0 spiro atoms. The first-order valence-corrected chi connectivity index (χ1v) is 19.5. The van der Waals surface area contributed by atoms with Gasteiger partial charge < -0.3 is 19.3 Å². The Labute approximate surface area is 303 Å². The Hall–Kier alpha value is -2.45. The van der Waals surface area contributed by atoms with E-state index in [1.807, 2.05) is 34.6 Å². The van der Waals surface area contributed by atoms with Crippen LogP contribution in [-0.2, 0) is 38.2 Å². The predicted molar refractivity (Wildman–Crippen MR) is 196 cm³/mol. The summed E-state index contributed by atoms with van der Waals surface area (Å²) in [5.74, 6) is 2.25. The summed E-state index contributed by atoms with van der Waals surface area (Å²) in [6, 6.07) is 0. The molecule has 1 aliphatic heterocycles. The molecule has 9 unspecified atom stereocenters. The molecule has 4 aliphatic rings. The number of carboxylic acid groups (broad SMARTS) is 1. The topological polar surface area (TPSA) is 133 Å². The van der Waals surface area contributed by atoms with E-state index in [0.29, 0.717) is 17.8 Å². The van der Waals surface area contributed by atoms with Crippen molar-refractivity contribution < 1.29 is 43.3 Å². The lowest BCUT2D eigenvalue weighted by molar-refractivity contribution is -0.168. The molecule has 9 heteroatoms. The lowest BCUT2D eigenvalue weighted by atomic mass is 9.75. The zero-order chi connectivity index (χ0) is 38.7. The third-order valence-corrected chi connectivity index (χ3v) is 12.5. The van der Waals surface area contributed by atoms with E-state index in [1.54, 1.807) is 20.8 Å². The highest BCUT2D eigenvalue weighted by Crippen LogP contribution is 2.55. The zero-order valence-corrected chi connectivity index (χ0v) is 33.9. The van der Waals surface area contributed by atoms with E-state index in [-0.39, 0.29) is 52.7 Å². The molecule has 2 bridgehead atoms. The van der Waals surface area contributed by atoms with Gasteiger partial charge in [0.2, 0.25) is 0 Å². The van der Waals surface area contributed by atoms with Crippen molar-refractivity contribution >= 4 is 29.8 Å². The maximum atomic E-state index is 12.2. The van der Waals surface area contributed by atoms with E-state index >= 15 is 0 Å². The van der Waals surface area contributed by atoms with Gasteiger partial charge in [0, 0.05) is 0 Å². The third-order valence-electron chi connectivity index (χ3n) is 12.5. The lowest BCUT2D eigenvalue weighted by Gasteiger charge is -2.38. The number of hydrogen-bond donors (Lipinski definition) is 1. The van der Waals surface area contributed by atoms with Gasteiger partial charge in [-0.1, -0.05) is 82.1 Å². The van der Waals surface area contributed by atoms with Gasteiger partial charge in [-0.25, -0.2) is 0 Å². The van der Waals surface area contributed by atoms with Gasteiger partial charge in [0.1, 0.15) is 11.2 Å². The minimum atomic E-state index is -0.706. The molecule has 290 valence electrons. The number of fused-ring (bicyclic) bond motifs is 2. The van der Waals surface area contributed by atoms with Crippen LogP contribution in [0.15, 0.2) is 0 Å². The van der Waals surface area contributed by atoms with Gasteiger partial charge in [0.25, 0.3) is 0 Å². The summed E-state index contributed by atoms with van der Waals surface area (Å²) in [6.45, 7) is 28.1. The summed E-state index contributed by atoms with van der Waals surface area (Å²) in [7, 11) is 0. The van der Waals surface area contributed by atoms with Crippen LogP contribution in [0.3, 0.4) is 0 Å². The SMILES string of the molecule is CC1C(=O)OC(=O)C1C.CCC(C)(C)OC(=O)C1CC2CC1C(C)C2C.CCC(C)C(=O)O.CCC(C)C(=O)OC(C)(C)C1CCC(C)CC1. The molecule has 9 atom stereocenters. The maximum absolute atomic E-state index is 12.2. The molecule has 4 rings (SSSR count). The summed E-state index contributed by atoms with van der Waals surface area (Å²) in [4.78, 5) is 55.1. The fourth-order valence-electron chi connectivity index (χ4n) is 7.06. The molecule has 50 heavy (non-hydrogen) atoms. The van der Waals surface area contributed by atoms with Gasteiger partial charge in [-0.3, -0.25) is 24.0 Å². The van der Waals surface area contributed by atoms with Crippen molar-refractivity contribution in [2.45, 2.75) is 166 Å². The highest BCUT2D eigenvalue weighted by Gasteiger charge is 2.52. The van der Waals surface area contributed by atoms with Crippen LogP contribution in [0.4, 0.5) is 0 Å². The van der Waals surface area contributed by atoms with Crippen molar-refractivity contribution in [3.8, 4) is 0 Å². The van der Waals surface area contributed by atoms with Gasteiger partial charge in [-0.15, -0.1) is 0 Å². The Morgan fingerprint density at radius 1 is 0.780 bits per heavy atom. The minimum Gasteiger partial charge on any atom is -0.481 e. The van der Waals surface area contributed by atoms with E-state index in [2.05, 4.69) is 46.3 Å². The van der Waals surface area contributed by atoms with Crippen LogP contribution in [0.25, 0.3) is 0 Å². The molecular formula is C41H72O9. The normalized spacial score (nSPS) is 31.4. The second kappa shape index (κ2) is 20.0. The first-order chi connectivity index (χ1) is 23.0. The van der Waals surface area contributed by atoms with Crippen LogP contribution in [0, 0.1) is 65.1 Å². The molecule has 1 saturated heterocycles. The Kier molecular flexibility index (Phi) is 18.2. The van der Waals surface area contributed by atoms with E-state index < -0.39 is 17.9 Å². The number of carbonyl (C=O) groups excluding carboxylic acids is 4. The Morgan fingerprint density at radius 2 is 1.28 bits per heavy atom. The molecular weight excluding hydrogens is 636 g/mol. The molecule has 0 aromatic carbocycles. The second-order valence-corrected chi connectivity index (χ2v) is 17.0. The summed E-state index contributed by atoms with van der Waals surface area (Å²) >= 11 is 0. The average molecular weight is 709 g/mol. The Balaban J connectivity index is 0.000000355. The third kappa shape index (κ3) is 13.3. The molecule has 0 radical (unpaired) electrons. The van der Waals surface area contributed by atoms with Crippen LogP contribution in [0.2, 0.25) is 0 Å². The Bertz CT molecular complexity index is 1100. The van der Waals surface area contributed by atoms with Crippen molar-refractivity contribution in [3.05, 3.63) is 0 Å². The Morgan fingerprint density at radius 3 is 1.62 bits per heavy atom. The fraction of sp³-hybridized carbons (Fsp3) is 0.878. The molecule has 0 aromatic heterocycles. The van der Waals surface area contributed by atoms with Crippen LogP contribution in [-0.4, -0.2) is 46.2 Å². The fourth-order valence-corrected chi connectivity index (χ4v) is 7.06. The van der Waals surface area contributed by atoms with Crippen molar-refractivity contribution in [2.75, 3.05) is 0 Å². The molecule has 3 aliphatic carbocycles. The predicted octanol–water partition coefficient (Wildman–Crippen LogP) is 9.29. The van der Waals surface area contributed by atoms with Crippen molar-refractivity contribution in [2.24, 2.45) is 65.1 Å². The summed E-state index contributed by atoms with van der Waals surface area (Å²) in [5.41, 5.74) is -0.589. The first-order valence-electron chi connectivity index (χ1n) is 19.5. The second-order valence-electron chi connectivity index (χ2n) is 17.0. The van der Waals surface area contributed by atoms with Gasteiger partial charge in [-0.05, 0) is 108 Å². The van der Waals surface area contributed by atoms with Crippen LogP contribution in [0.1, 0.15) is 155 Å². The summed E-state index contributed by atoms with van der Waals surface area (Å²) < 4.78 is 15.7. The largest absolute Gasteiger partial charge is 0.481 e. The van der Waals surface area contributed by atoms with Crippen LogP contribution >= 0.6 is 0 Å². The molecule has 9 nitrogen and oxygen atoms in total. The number of carboxylic acids is 1. The summed E-state index contributed by atoms with van der Waals surface area (Å²) in [6.07, 6.45) is 9.70. The first kappa shape index (κ1) is 45.6. The highest BCUT2D eigenvalue weighted by atomic mass is 16.6. The lowest BCUT2D eigenvalue weighted by Crippen LogP contribution is -2.39. The van der Waals surface area contributed by atoms with Gasteiger partial charge in [0.15, 0.2) is 0 Å². The van der Waals surface area contributed by atoms with Crippen molar-refractivity contribution in [1.82, 2.24) is 0 Å². The van der Waals surface area contributed by atoms with Crippen molar-refractivity contribution in [1.29, 1.82) is 0 Å². The number of cyclic esters (lactones) is 2. The van der Waals surface area contributed by atoms with Gasteiger partial charge >= 0.3 is 29.8 Å². The number of ether oxygens (including phenoxy) is 3. The van der Waals surface area contributed by atoms with Crippen LogP contribution < -0.4 is 0 Å². The molecule has 1 heterocycles. The smallest absolute Gasteiger partial charge is 0.317 e. The molecule has 3 saturated carbocycles. The van der Waals surface area contributed by atoms with E-state index in [4.69, 9.17) is 14.6 Å². The monoisotopic (exact) mass is 709 g/mol. The molecule has 0 amide bonds. The van der Waals surface area contributed by atoms with E-state index in [0.717, 1.165) is 43.4 Å². The minimum absolute atomic E-state index is 0.0248. The zero-order valence-electron chi connectivity index (χ0n) is 33.9. The molecule has 4 fully saturated rings. The van der Waals surface area contributed by atoms with E-state index in [1.165, 1.54) is 32.1 Å². The quantitative estimate of drug-likeness (QED) is 0.141. The maximum Gasteiger partial charge on any atom is 0.317 e. The number of rotatable bonds is 9. The average Bonchev–Trinajstić information content (AvgIpc) is 3.69. The number of hydrogen-bond acceptors (Lipinski definition) is 8. The standard InChI is InChI=1S/C15H26O2.C15H28O2.C6H8O3.C5H10O2/c1-6-15(4,5)17-14(16)13-8-11-7-12(13)10(3)9(11)2;1-6-12(3)14(16)17-15(4,5)13-9-7-11(2)8-10-13;1-3-4(2)6(8)9-5(3)7;1-3-4(2)5(6)7/h9-13H,6-8H2,1-5H3;11-13H,6-10H2,1-5H3;3-4H,1-2H3;4H,3H2,1-2H3,(H,6,7). The number of esters is 4. The number of carbonyl (C=O) groups is 5. The van der Waals surface area contributed by atoms with Crippen LogP contribution in [0.5, 0.6) is 0 Å². The van der Waals surface area contributed by atoms with E-state index in [9.17, 15) is 24.0 Å². The van der Waals surface area contributed by atoms with Gasteiger partial charge in [-0.2, -0.15) is 0 Å².